The number of rotatable bonds is 6. The molecule has 0 bridgehead atoms. The van der Waals surface area contributed by atoms with Gasteiger partial charge >= 0.3 is 11.9 Å². The number of ether oxygens (including phenoxy) is 2. The van der Waals surface area contributed by atoms with Gasteiger partial charge in [-0.3, -0.25) is 0 Å². The van der Waals surface area contributed by atoms with Crippen molar-refractivity contribution in [3.8, 4) is 5.95 Å². The van der Waals surface area contributed by atoms with Crippen LogP contribution in [-0.2, 0) is 4.74 Å². The number of benzene rings is 1. The lowest BCUT2D eigenvalue weighted by Crippen LogP contribution is -2.05. The molecule has 0 spiro atoms. The number of methoxy groups -OCH3 is 1. The summed E-state index contributed by atoms with van der Waals surface area (Å²) in [6, 6.07) is 9.27. The molecule has 0 aliphatic carbocycles. The molecule has 0 radical (unpaired) electrons. The van der Waals surface area contributed by atoms with Gasteiger partial charge in [0.15, 0.2) is 6.10 Å². The number of aromatic nitrogens is 1. The lowest BCUT2D eigenvalue weighted by atomic mass is 10.1. The minimum Gasteiger partial charge on any atom is -0.476 e. The molecule has 0 amide bonds. The molecule has 2 rings (SSSR count). The number of hydrogen-bond donors (Lipinski definition) is 1. The molecular formula is C14H15NO5. The molecule has 6 nitrogen and oxygen atoms in total. The maximum Gasteiger partial charge on any atom is 0.362 e. The highest BCUT2D eigenvalue weighted by Gasteiger charge is 2.26. The average Bonchev–Trinajstić information content (AvgIpc) is 2.85. The van der Waals surface area contributed by atoms with Crippen LogP contribution in [0.4, 0.5) is 0 Å². The number of carbonyl (C=O) groups is 1. The lowest BCUT2D eigenvalue weighted by molar-refractivity contribution is 0.0683. The number of carboxylic acid groups (broad SMARTS) is 1. The molecule has 0 aliphatic rings. The van der Waals surface area contributed by atoms with Crippen molar-refractivity contribution in [1.82, 2.24) is 4.98 Å². The maximum atomic E-state index is 11.1. The Bertz CT molecular complexity index is 579. The van der Waals surface area contributed by atoms with Gasteiger partial charge in [-0.25, -0.2) is 4.79 Å². The summed E-state index contributed by atoms with van der Waals surface area (Å²) < 4.78 is 15.9. The SMILES string of the molecule is CCOc1oc(C(OC)c2ccccc2)nc1C(=O)O. The fourth-order valence-corrected chi connectivity index (χ4v) is 1.81. The minimum absolute atomic E-state index is 0.104. The van der Waals surface area contributed by atoms with Gasteiger partial charge in [0.1, 0.15) is 0 Å². The first-order valence-corrected chi connectivity index (χ1v) is 6.12. The molecular weight excluding hydrogens is 262 g/mol. The summed E-state index contributed by atoms with van der Waals surface area (Å²) in [5, 5.41) is 9.09. The molecule has 1 N–H and O–H groups in total. The van der Waals surface area contributed by atoms with Crippen LogP contribution >= 0.6 is 0 Å². The number of nitrogens with zero attached hydrogens (tertiary/aromatic N) is 1. The molecule has 0 aliphatic heterocycles. The quantitative estimate of drug-likeness (QED) is 0.873. The first kappa shape index (κ1) is 14.1. The molecule has 106 valence electrons. The molecule has 1 unspecified atom stereocenters. The van der Waals surface area contributed by atoms with Crippen LogP contribution in [0.1, 0.15) is 35.0 Å². The van der Waals surface area contributed by atoms with Crippen molar-refractivity contribution < 1.29 is 23.8 Å². The summed E-state index contributed by atoms with van der Waals surface area (Å²) >= 11 is 0. The Morgan fingerprint density at radius 1 is 1.40 bits per heavy atom. The normalized spacial score (nSPS) is 12.1. The largest absolute Gasteiger partial charge is 0.476 e. The Labute approximate surface area is 116 Å². The van der Waals surface area contributed by atoms with E-state index in [1.807, 2.05) is 30.3 Å². The topological polar surface area (TPSA) is 81.8 Å². The van der Waals surface area contributed by atoms with Gasteiger partial charge in [0.05, 0.1) is 6.61 Å². The molecule has 0 fully saturated rings. The van der Waals surface area contributed by atoms with Gasteiger partial charge < -0.3 is 19.0 Å². The van der Waals surface area contributed by atoms with Gasteiger partial charge in [-0.1, -0.05) is 30.3 Å². The standard InChI is InChI=1S/C14H15NO5/c1-3-19-14-10(13(16)17)15-12(20-14)11(18-2)9-7-5-4-6-8-9/h4-8,11H,3H2,1-2H3,(H,16,17). The van der Waals surface area contributed by atoms with Crippen LogP contribution in [-0.4, -0.2) is 29.8 Å². The Balaban J connectivity index is 2.40. The zero-order valence-corrected chi connectivity index (χ0v) is 11.2. The van der Waals surface area contributed by atoms with E-state index in [4.69, 9.17) is 19.0 Å². The van der Waals surface area contributed by atoms with Crippen molar-refractivity contribution in [2.24, 2.45) is 0 Å². The highest BCUT2D eigenvalue weighted by atomic mass is 16.6. The highest BCUT2D eigenvalue weighted by molar-refractivity contribution is 5.87. The Morgan fingerprint density at radius 3 is 2.65 bits per heavy atom. The monoisotopic (exact) mass is 277 g/mol. The predicted molar refractivity (Wildman–Crippen MR) is 69.9 cm³/mol. The van der Waals surface area contributed by atoms with Gasteiger partial charge in [0, 0.05) is 7.11 Å². The van der Waals surface area contributed by atoms with E-state index >= 15 is 0 Å². The van der Waals surface area contributed by atoms with Crippen molar-refractivity contribution in [3.63, 3.8) is 0 Å². The predicted octanol–water partition coefficient (Wildman–Crippen LogP) is 2.51. The maximum absolute atomic E-state index is 11.1. The van der Waals surface area contributed by atoms with Gasteiger partial charge in [0.2, 0.25) is 11.6 Å². The summed E-state index contributed by atoms with van der Waals surface area (Å²) in [4.78, 5) is 15.1. The van der Waals surface area contributed by atoms with Crippen LogP contribution in [0.5, 0.6) is 5.95 Å². The van der Waals surface area contributed by atoms with Crippen molar-refractivity contribution in [1.29, 1.82) is 0 Å². The average molecular weight is 277 g/mol. The summed E-state index contributed by atoms with van der Waals surface area (Å²) in [6.45, 7) is 2.02. The molecule has 6 heteroatoms. The van der Waals surface area contributed by atoms with Gasteiger partial charge in [0.25, 0.3) is 0 Å². The fraction of sp³-hybridized carbons (Fsp3) is 0.286. The van der Waals surface area contributed by atoms with E-state index < -0.39 is 12.1 Å². The molecule has 0 saturated carbocycles. The number of oxazole rings is 1. The van der Waals surface area contributed by atoms with Crippen molar-refractivity contribution in [3.05, 3.63) is 47.5 Å². The summed E-state index contributed by atoms with van der Waals surface area (Å²) in [5.41, 5.74) is 0.566. The van der Waals surface area contributed by atoms with Crippen molar-refractivity contribution in [2.45, 2.75) is 13.0 Å². The lowest BCUT2D eigenvalue weighted by Gasteiger charge is -2.11. The number of carboxylic acids is 1. The van der Waals surface area contributed by atoms with E-state index in [1.54, 1.807) is 6.92 Å². The van der Waals surface area contributed by atoms with Gasteiger partial charge in [-0.15, -0.1) is 0 Å². The smallest absolute Gasteiger partial charge is 0.362 e. The molecule has 1 aromatic heterocycles. The Hall–Kier alpha value is -2.34. The van der Waals surface area contributed by atoms with E-state index in [-0.39, 0.29) is 24.1 Å². The number of hydrogen-bond acceptors (Lipinski definition) is 5. The Morgan fingerprint density at radius 2 is 2.10 bits per heavy atom. The third kappa shape index (κ3) is 2.80. The molecule has 20 heavy (non-hydrogen) atoms. The highest BCUT2D eigenvalue weighted by Crippen LogP contribution is 2.30. The molecule has 1 aromatic carbocycles. The van der Waals surface area contributed by atoms with E-state index in [2.05, 4.69) is 4.98 Å². The second-order valence-electron chi connectivity index (χ2n) is 3.95. The van der Waals surface area contributed by atoms with Gasteiger partial charge in [-0.05, 0) is 12.5 Å². The van der Waals surface area contributed by atoms with Crippen LogP contribution in [0.25, 0.3) is 0 Å². The van der Waals surface area contributed by atoms with Gasteiger partial charge in [-0.2, -0.15) is 4.98 Å². The second kappa shape index (κ2) is 6.21. The third-order valence-corrected chi connectivity index (χ3v) is 2.65. The van der Waals surface area contributed by atoms with Crippen LogP contribution in [0, 0.1) is 0 Å². The third-order valence-electron chi connectivity index (χ3n) is 2.65. The van der Waals surface area contributed by atoms with Crippen molar-refractivity contribution >= 4 is 5.97 Å². The molecule has 1 atom stereocenters. The first-order valence-electron chi connectivity index (χ1n) is 6.12. The first-order chi connectivity index (χ1) is 9.67. The van der Waals surface area contributed by atoms with Crippen LogP contribution in [0.2, 0.25) is 0 Å². The molecule has 2 aromatic rings. The van der Waals surface area contributed by atoms with Crippen molar-refractivity contribution in [2.75, 3.05) is 13.7 Å². The van der Waals surface area contributed by atoms with E-state index in [1.165, 1.54) is 7.11 Å². The molecule has 0 saturated heterocycles. The minimum atomic E-state index is -1.20. The van der Waals surface area contributed by atoms with E-state index in [9.17, 15) is 4.79 Å². The van der Waals surface area contributed by atoms with Crippen LogP contribution in [0.3, 0.4) is 0 Å². The second-order valence-corrected chi connectivity index (χ2v) is 3.95. The summed E-state index contributed by atoms with van der Waals surface area (Å²) in [6.07, 6.45) is -0.580. The zero-order chi connectivity index (χ0) is 14.5. The number of aromatic carboxylic acids is 1. The fourth-order valence-electron chi connectivity index (χ4n) is 1.81. The van der Waals surface area contributed by atoms with Crippen LogP contribution < -0.4 is 4.74 Å². The molecule has 1 heterocycles. The van der Waals surface area contributed by atoms with E-state index in [0.717, 1.165) is 5.56 Å². The van der Waals surface area contributed by atoms with E-state index in [0.29, 0.717) is 0 Å². The summed E-state index contributed by atoms with van der Waals surface area (Å²) in [5.74, 6) is -1.15. The van der Waals surface area contributed by atoms with Crippen LogP contribution in [0.15, 0.2) is 34.7 Å². The summed E-state index contributed by atoms with van der Waals surface area (Å²) in [7, 11) is 1.50. The Kier molecular flexibility index (Phi) is 4.37. The zero-order valence-electron chi connectivity index (χ0n) is 11.2.